The van der Waals surface area contributed by atoms with E-state index in [0.29, 0.717) is 49.1 Å². The highest BCUT2D eigenvalue weighted by molar-refractivity contribution is 7.09. The Labute approximate surface area is 202 Å². The second-order valence-electron chi connectivity index (χ2n) is 7.64. The molecule has 1 fully saturated rings. The molecule has 0 atom stereocenters. The summed E-state index contributed by atoms with van der Waals surface area (Å²) >= 11 is 7.49. The van der Waals surface area contributed by atoms with E-state index in [-0.39, 0.29) is 11.8 Å². The second kappa shape index (κ2) is 10.6. The van der Waals surface area contributed by atoms with Crippen LogP contribution < -0.4 is 4.74 Å². The maximum atomic E-state index is 12.7. The number of ether oxygens (including phenoxy) is 1. The number of nitrogens with zero attached hydrogens (tertiary/aromatic N) is 3. The minimum Gasteiger partial charge on any atom is -0.487 e. The molecular weight excluding hydrogens is 458 g/mol. The number of para-hydroxylation sites is 1. The molecule has 0 N–H and O–H groups in total. The Kier molecular flexibility index (Phi) is 7.42. The van der Waals surface area contributed by atoms with E-state index in [0.717, 1.165) is 16.3 Å². The molecule has 6 nitrogen and oxygen atoms in total. The van der Waals surface area contributed by atoms with Gasteiger partial charge in [-0.1, -0.05) is 29.8 Å². The summed E-state index contributed by atoms with van der Waals surface area (Å²) < 4.78 is 5.92. The van der Waals surface area contributed by atoms with Crippen LogP contribution in [0.1, 0.15) is 26.6 Å². The van der Waals surface area contributed by atoms with Crippen LogP contribution in [0.4, 0.5) is 0 Å². The normalized spacial score (nSPS) is 14.0. The Morgan fingerprint density at radius 3 is 2.45 bits per heavy atom. The van der Waals surface area contributed by atoms with Crippen LogP contribution in [0, 0.1) is 6.92 Å². The lowest BCUT2D eigenvalue weighted by molar-refractivity contribution is -0.127. The van der Waals surface area contributed by atoms with Crippen LogP contribution in [0.5, 0.6) is 5.75 Å². The van der Waals surface area contributed by atoms with Crippen molar-refractivity contribution in [2.24, 2.45) is 0 Å². The van der Waals surface area contributed by atoms with Crippen molar-refractivity contribution in [1.82, 2.24) is 14.8 Å². The molecule has 2 amide bonds. The first kappa shape index (κ1) is 23.0. The number of thiazole rings is 1. The van der Waals surface area contributed by atoms with E-state index in [1.54, 1.807) is 57.6 Å². The van der Waals surface area contributed by atoms with Crippen molar-refractivity contribution in [3.63, 3.8) is 0 Å². The zero-order valence-corrected chi connectivity index (χ0v) is 19.8. The first-order valence-corrected chi connectivity index (χ1v) is 11.9. The average molecular weight is 482 g/mol. The largest absolute Gasteiger partial charge is 0.487 e. The van der Waals surface area contributed by atoms with E-state index in [1.165, 1.54) is 0 Å². The van der Waals surface area contributed by atoms with E-state index in [4.69, 9.17) is 16.3 Å². The number of rotatable bonds is 6. The maximum absolute atomic E-state index is 12.7. The first-order chi connectivity index (χ1) is 16.0. The number of piperazine rings is 1. The van der Waals surface area contributed by atoms with Crippen LogP contribution in [-0.2, 0) is 11.4 Å². The average Bonchev–Trinajstić information content (AvgIpc) is 3.27. The van der Waals surface area contributed by atoms with Crippen LogP contribution >= 0.6 is 22.9 Å². The number of amides is 2. The lowest BCUT2D eigenvalue weighted by Gasteiger charge is -2.34. The quantitative estimate of drug-likeness (QED) is 0.479. The zero-order chi connectivity index (χ0) is 23.2. The van der Waals surface area contributed by atoms with Gasteiger partial charge in [0.1, 0.15) is 12.4 Å². The summed E-state index contributed by atoms with van der Waals surface area (Å²) in [4.78, 5) is 33.3. The summed E-state index contributed by atoms with van der Waals surface area (Å²) in [5.74, 6) is 0.569. The highest BCUT2D eigenvalue weighted by atomic mass is 35.5. The molecule has 0 saturated carbocycles. The van der Waals surface area contributed by atoms with E-state index >= 15 is 0 Å². The minimum absolute atomic E-state index is 0.0457. The highest BCUT2D eigenvalue weighted by Crippen LogP contribution is 2.21. The topological polar surface area (TPSA) is 62.7 Å². The standard InChI is InChI=1S/C25H24ClN3O3S/c1-18-27-22(17-33-18)16-32-23-5-3-2-4-19(23)8-11-24(30)28-12-14-29(15-13-28)25(31)20-6-9-21(26)10-7-20/h2-11,17H,12-16H2,1H3/b11-8+. The number of hydrogen-bond acceptors (Lipinski definition) is 5. The van der Waals surface area contributed by atoms with Crippen LogP contribution in [-0.4, -0.2) is 52.8 Å². The summed E-state index contributed by atoms with van der Waals surface area (Å²) in [6.45, 7) is 4.31. The molecule has 0 unspecified atom stereocenters. The van der Waals surface area contributed by atoms with Crippen molar-refractivity contribution in [3.05, 3.63) is 86.8 Å². The Hall–Kier alpha value is -3.16. The van der Waals surface area contributed by atoms with E-state index in [1.807, 2.05) is 36.6 Å². The van der Waals surface area contributed by atoms with Crippen molar-refractivity contribution in [1.29, 1.82) is 0 Å². The third-order valence-electron chi connectivity index (χ3n) is 5.34. The summed E-state index contributed by atoms with van der Waals surface area (Å²) in [7, 11) is 0. The minimum atomic E-state index is -0.0847. The Morgan fingerprint density at radius 1 is 1.06 bits per heavy atom. The summed E-state index contributed by atoms with van der Waals surface area (Å²) in [6.07, 6.45) is 3.33. The molecule has 33 heavy (non-hydrogen) atoms. The SMILES string of the molecule is Cc1nc(COc2ccccc2/C=C/C(=O)N2CCN(C(=O)c3ccc(Cl)cc3)CC2)cs1. The fourth-order valence-electron chi connectivity index (χ4n) is 3.55. The number of halogens is 1. The van der Waals surface area contributed by atoms with Gasteiger partial charge in [0.15, 0.2) is 0 Å². The van der Waals surface area contributed by atoms with E-state index in [9.17, 15) is 9.59 Å². The van der Waals surface area contributed by atoms with Crippen LogP contribution in [0.2, 0.25) is 5.02 Å². The van der Waals surface area contributed by atoms with Gasteiger partial charge in [-0.25, -0.2) is 4.98 Å². The summed E-state index contributed by atoms with van der Waals surface area (Å²) in [6, 6.07) is 14.5. The molecule has 8 heteroatoms. The van der Waals surface area contributed by atoms with Crippen LogP contribution in [0.25, 0.3) is 6.08 Å². The van der Waals surface area contributed by atoms with E-state index < -0.39 is 0 Å². The number of aromatic nitrogens is 1. The number of carbonyl (C=O) groups is 2. The van der Waals surface area contributed by atoms with Gasteiger partial charge in [-0.05, 0) is 43.3 Å². The smallest absolute Gasteiger partial charge is 0.253 e. The summed E-state index contributed by atoms with van der Waals surface area (Å²) in [5, 5.41) is 3.58. The molecular formula is C25H24ClN3O3S. The van der Waals surface area contributed by atoms with Gasteiger partial charge in [-0.2, -0.15) is 0 Å². The fourth-order valence-corrected chi connectivity index (χ4v) is 4.27. The molecule has 0 spiro atoms. The summed E-state index contributed by atoms with van der Waals surface area (Å²) in [5.41, 5.74) is 2.32. The first-order valence-electron chi connectivity index (χ1n) is 10.6. The predicted molar refractivity (Wildman–Crippen MR) is 131 cm³/mol. The van der Waals surface area contributed by atoms with Crippen molar-refractivity contribution in [2.75, 3.05) is 26.2 Å². The lowest BCUT2D eigenvalue weighted by Crippen LogP contribution is -2.50. The lowest BCUT2D eigenvalue weighted by atomic mass is 10.1. The van der Waals surface area contributed by atoms with Crippen LogP contribution in [0.15, 0.2) is 60.0 Å². The fraction of sp³-hybridized carbons (Fsp3) is 0.240. The van der Waals surface area contributed by atoms with Gasteiger partial charge in [-0.3, -0.25) is 9.59 Å². The van der Waals surface area contributed by atoms with Gasteiger partial charge in [0.05, 0.1) is 10.7 Å². The maximum Gasteiger partial charge on any atom is 0.253 e. The number of hydrogen-bond donors (Lipinski definition) is 0. The van der Waals surface area contributed by atoms with Gasteiger partial charge in [-0.15, -0.1) is 11.3 Å². The van der Waals surface area contributed by atoms with Gasteiger partial charge in [0.2, 0.25) is 5.91 Å². The number of benzene rings is 2. The second-order valence-corrected chi connectivity index (χ2v) is 9.14. The molecule has 1 saturated heterocycles. The van der Waals surface area contributed by atoms with Crippen molar-refractivity contribution in [2.45, 2.75) is 13.5 Å². The van der Waals surface area contributed by atoms with Gasteiger partial charge < -0.3 is 14.5 Å². The molecule has 0 radical (unpaired) electrons. The Balaban J connectivity index is 1.32. The zero-order valence-electron chi connectivity index (χ0n) is 18.2. The molecule has 0 aliphatic carbocycles. The molecule has 3 aromatic rings. The predicted octanol–water partition coefficient (Wildman–Crippen LogP) is 4.68. The van der Waals surface area contributed by atoms with Crippen LogP contribution in [0.3, 0.4) is 0 Å². The molecule has 1 aliphatic rings. The molecule has 2 heterocycles. The number of aryl methyl sites for hydroxylation is 1. The molecule has 4 rings (SSSR count). The van der Waals surface area contributed by atoms with Crippen molar-refractivity contribution < 1.29 is 14.3 Å². The van der Waals surface area contributed by atoms with Crippen molar-refractivity contribution >= 4 is 40.8 Å². The van der Waals surface area contributed by atoms with Gasteiger partial charge in [0, 0.05) is 53.8 Å². The van der Waals surface area contributed by atoms with Gasteiger partial charge >= 0.3 is 0 Å². The van der Waals surface area contributed by atoms with Crippen molar-refractivity contribution in [3.8, 4) is 5.75 Å². The highest BCUT2D eigenvalue weighted by Gasteiger charge is 2.24. The Morgan fingerprint density at radius 2 is 1.76 bits per heavy atom. The third-order valence-corrected chi connectivity index (χ3v) is 6.41. The third kappa shape index (κ3) is 6.00. The molecule has 1 aliphatic heterocycles. The van der Waals surface area contributed by atoms with E-state index in [2.05, 4.69) is 4.98 Å². The molecule has 0 bridgehead atoms. The monoisotopic (exact) mass is 481 g/mol. The molecule has 170 valence electrons. The Bertz CT molecular complexity index is 1150. The number of carbonyl (C=O) groups excluding carboxylic acids is 2. The molecule has 1 aromatic heterocycles. The molecule has 2 aromatic carbocycles. The van der Waals surface area contributed by atoms with Gasteiger partial charge in [0.25, 0.3) is 5.91 Å².